The first-order chi connectivity index (χ1) is 9.50. The highest BCUT2D eigenvalue weighted by Gasteiger charge is 2.20. The van der Waals surface area contributed by atoms with Gasteiger partial charge in [0.15, 0.2) is 0 Å². The van der Waals surface area contributed by atoms with E-state index in [1.165, 1.54) is 11.3 Å². The SMILES string of the molecule is CCC(N)(CC)CNC(=O)CCNC(=O)c1cccs1. The molecule has 0 spiro atoms. The standard InChI is InChI=1S/C14H23N3O2S/c1-3-14(15,4-2)10-17-12(18)7-8-16-13(19)11-6-5-9-20-11/h5-6,9H,3-4,7-8,10,15H2,1-2H3,(H,16,19)(H,17,18). The maximum atomic E-state index is 11.7. The molecule has 0 saturated heterocycles. The molecule has 0 aromatic carbocycles. The van der Waals surface area contributed by atoms with Crippen molar-refractivity contribution in [2.75, 3.05) is 13.1 Å². The molecule has 112 valence electrons. The summed E-state index contributed by atoms with van der Waals surface area (Å²) in [4.78, 5) is 24.0. The van der Waals surface area contributed by atoms with Crippen LogP contribution < -0.4 is 16.4 Å². The largest absolute Gasteiger partial charge is 0.354 e. The van der Waals surface area contributed by atoms with Crippen LogP contribution in [0.25, 0.3) is 0 Å². The second kappa shape index (κ2) is 8.01. The minimum Gasteiger partial charge on any atom is -0.354 e. The summed E-state index contributed by atoms with van der Waals surface area (Å²) in [6.45, 7) is 4.82. The number of nitrogens with two attached hydrogens (primary N) is 1. The highest BCUT2D eigenvalue weighted by atomic mass is 32.1. The van der Waals surface area contributed by atoms with Crippen molar-refractivity contribution < 1.29 is 9.59 Å². The highest BCUT2D eigenvalue weighted by molar-refractivity contribution is 7.12. The van der Waals surface area contributed by atoms with Crippen LogP contribution in [0.15, 0.2) is 17.5 Å². The fraction of sp³-hybridized carbons (Fsp3) is 0.571. The van der Waals surface area contributed by atoms with Crippen LogP contribution >= 0.6 is 11.3 Å². The minimum absolute atomic E-state index is 0.0896. The molecule has 1 heterocycles. The predicted molar refractivity (Wildman–Crippen MR) is 81.8 cm³/mol. The van der Waals surface area contributed by atoms with Crippen molar-refractivity contribution in [1.82, 2.24) is 10.6 Å². The lowest BCUT2D eigenvalue weighted by atomic mass is 9.94. The third-order valence-corrected chi connectivity index (χ3v) is 4.30. The van der Waals surface area contributed by atoms with Gasteiger partial charge in [0.1, 0.15) is 0 Å². The van der Waals surface area contributed by atoms with Crippen molar-refractivity contribution >= 4 is 23.2 Å². The van der Waals surface area contributed by atoms with E-state index in [1.54, 1.807) is 6.07 Å². The zero-order valence-corrected chi connectivity index (χ0v) is 12.9. The number of nitrogens with one attached hydrogen (secondary N) is 2. The van der Waals surface area contributed by atoms with Gasteiger partial charge < -0.3 is 16.4 Å². The molecule has 2 amide bonds. The molecular weight excluding hydrogens is 274 g/mol. The topological polar surface area (TPSA) is 84.2 Å². The van der Waals surface area contributed by atoms with E-state index >= 15 is 0 Å². The van der Waals surface area contributed by atoms with E-state index in [0.29, 0.717) is 18.0 Å². The molecule has 0 unspecified atom stereocenters. The van der Waals surface area contributed by atoms with Crippen molar-refractivity contribution in [3.8, 4) is 0 Å². The molecule has 1 aromatic rings. The number of carbonyl (C=O) groups is 2. The third-order valence-electron chi connectivity index (χ3n) is 3.43. The van der Waals surface area contributed by atoms with Gasteiger partial charge in [0.2, 0.25) is 5.91 Å². The molecule has 1 rings (SSSR count). The fourth-order valence-corrected chi connectivity index (χ4v) is 2.29. The average Bonchev–Trinajstić information content (AvgIpc) is 2.99. The first-order valence-corrected chi connectivity index (χ1v) is 7.76. The van der Waals surface area contributed by atoms with Crippen LogP contribution in [0.1, 0.15) is 42.8 Å². The number of thiophene rings is 1. The van der Waals surface area contributed by atoms with Crippen molar-refractivity contribution in [2.45, 2.75) is 38.6 Å². The Labute approximate surface area is 123 Å². The van der Waals surface area contributed by atoms with E-state index in [-0.39, 0.29) is 23.8 Å². The van der Waals surface area contributed by atoms with Crippen LogP contribution in [0.5, 0.6) is 0 Å². The molecule has 4 N–H and O–H groups in total. The number of hydrogen-bond donors (Lipinski definition) is 3. The Morgan fingerprint density at radius 2 is 2.00 bits per heavy atom. The van der Waals surface area contributed by atoms with Crippen LogP contribution in [-0.2, 0) is 4.79 Å². The predicted octanol–water partition coefficient (Wildman–Crippen LogP) is 1.50. The molecule has 0 radical (unpaired) electrons. The van der Waals surface area contributed by atoms with Crippen molar-refractivity contribution in [1.29, 1.82) is 0 Å². The molecule has 0 aliphatic carbocycles. The van der Waals surface area contributed by atoms with Crippen molar-refractivity contribution in [3.63, 3.8) is 0 Å². The van der Waals surface area contributed by atoms with E-state index in [1.807, 2.05) is 25.3 Å². The maximum absolute atomic E-state index is 11.7. The summed E-state index contributed by atoms with van der Waals surface area (Å²) < 4.78 is 0. The van der Waals surface area contributed by atoms with Crippen LogP contribution in [0.4, 0.5) is 0 Å². The van der Waals surface area contributed by atoms with Gasteiger partial charge in [0.25, 0.3) is 5.91 Å². The molecule has 0 atom stereocenters. The van der Waals surface area contributed by atoms with Crippen LogP contribution in [0, 0.1) is 0 Å². The molecule has 0 bridgehead atoms. The lowest BCUT2D eigenvalue weighted by Gasteiger charge is -2.26. The summed E-state index contributed by atoms with van der Waals surface area (Å²) in [6.07, 6.45) is 1.90. The molecule has 1 aromatic heterocycles. The molecule has 0 aliphatic heterocycles. The van der Waals surface area contributed by atoms with Gasteiger partial charge in [-0.2, -0.15) is 0 Å². The Morgan fingerprint density at radius 1 is 1.30 bits per heavy atom. The van der Waals surface area contributed by atoms with Gasteiger partial charge in [0.05, 0.1) is 4.88 Å². The summed E-state index contributed by atoms with van der Waals surface area (Å²) in [5.41, 5.74) is 5.77. The molecule has 5 nitrogen and oxygen atoms in total. The maximum Gasteiger partial charge on any atom is 0.261 e. The quantitative estimate of drug-likeness (QED) is 0.680. The molecular formula is C14H23N3O2S. The molecule has 0 aliphatic rings. The van der Waals surface area contributed by atoms with Gasteiger partial charge in [-0.25, -0.2) is 0 Å². The van der Waals surface area contributed by atoms with E-state index in [2.05, 4.69) is 10.6 Å². The number of rotatable bonds is 8. The van der Waals surface area contributed by atoms with Crippen molar-refractivity contribution in [2.24, 2.45) is 5.73 Å². The van der Waals surface area contributed by atoms with Crippen LogP contribution in [0.2, 0.25) is 0 Å². The van der Waals surface area contributed by atoms with Crippen molar-refractivity contribution in [3.05, 3.63) is 22.4 Å². The second-order valence-electron chi connectivity index (χ2n) is 4.83. The summed E-state index contributed by atoms with van der Waals surface area (Å²) in [5, 5.41) is 7.39. The van der Waals surface area contributed by atoms with Gasteiger partial charge in [-0.1, -0.05) is 19.9 Å². The van der Waals surface area contributed by atoms with E-state index in [9.17, 15) is 9.59 Å². The third kappa shape index (κ3) is 5.30. The minimum atomic E-state index is -0.337. The molecule has 6 heteroatoms. The van der Waals surface area contributed by atoms with E-state index < -0.39 is 0 Å². The number of carbonyl (C=O) groups excluding carboxylic acids is 2. The number of amides is 2. The Hall–Kier alpha value is -1.40. The van der Waals surface area contributed by atoms with Crippen LogP contribution in [-0.4, -0.2) is 30.4 Å². The smallest absolute Gasteiger partial charge is 0.261 e. The average molecular weight is 297 g/mol. The summed E-state index contributed by atoms with van der Waals surface area (Å²) in [6, 6.07) is 3.58. The Bertz CT molecular complexity index is 428. The summed E-state index contributed by atoms with van der Waals surface area (Å²) in [7, 11) is 0. The van der Waals surface area contributed by atoms with Gasteiger partial charge in [-0.05, 0) is 24.3 Å². The first kappa shape index (κ1) is 16.7. The Morgan fingerprint density at radius 3 is 2.55 bits per heavy atom. The lowest BCUT2D eigenvalue weighted by molar-refractivity contribution is -0.121. The van der Waals surface area contributed by atoms with Gasteiger partial charge in [-0.15, -0.1) is 11.3 Å². The van der Waals surface area contributed by atoms with E-state index in [4.69, 9.17) is 5.73 Å². The van der Waals surface area contributed by atoms with Crippen LogP contribution in [0.3, 0.4) is 0 Å². The lowest BCUT2D eigenvalue weighted by Crippen LogP contribution is -2.49. The van der Waals surface area contributed by atoms with E-state index in [0.717, 1.165) is 12.8 Å². The van der Waals surface area contributed by atoms with Gasteiger partial charge in [0, 0.05) is 25.0 Å². The van der Waals surface area contributed by atoms with Gasteiger partial charge >= 0.3 is 0 Å². The molecule has 0 fully saturated rings. The number of hydrogen-bond acceptors (Lipinski definition) is 4. The summed E-state index contributed by atoms with van der Waals surface area (Å²) in [5.74, 6) is -0.226. The highest BCUT2D eigenvalue weighted by Crippen LogP contribution is 2.09. The molecule has 0 saturated carbocycles. The normalized spacial score (nSPS) is 11.2. The Balaban J connectivity index is 2.22. The molecule has 20 heavy (non-hydrogen) atoms. The monoisotopic (exact) mass is 297 g/mol. The second-order valence-corrected chi connectivity index (χ2v) is 5.78. The first-order valence-electron chi connectivity index (χ1n) is 6.88. The zero-order chi connectivity index (χ0) is 15.0. The zero-order valence-electron chi connectivity index (χ0n) is 12.1. The van der Waals surface area contributed by atoms with Gasteiger partial charge in [-0.3, -0.25) is 9.59 Å². The Kier molecular flexibility index (Phi) is 6.67. The summed E-state index contributed by atoms with van der Waals surface area (Å²) >= 11 is 1.38. The fourth-order valence-electron chi connectivity index (χ4n) is 1.65.